The van der Waals surface area contributed by atoms with Crippen molar-refractivity contribution in [1.29, 1.82) is 0 Å². The van der Waals surface area contributed by atoms with E-state index in [2.05, 4.69) is 20.5 Å². The fourth-order valence-electron chi connectivity index (χ4n) is 4.18. The first kappa shape index (κ1) is 20.0. The molecule has 1 aromatic carbocycles. The summed E-state index contributed by atoms with van der Waals surface area (Å²) in [6.07, 6.45) is 4.73. The first-order valence-corrected chi connectivity index (χ1v) is 11.2. The van der Waals surface area contributed by atoms with E-state index in [-0.39, 0.29) is 24.3 Å². The maximum Gasteiger partial charge on any atom is 0.263 e. The van der Waals surface area contributed by atoms with Crippen LogP contribution in [-0.2, 0) is 13.1 Å². The molecular weight excluding hydrogens is 415 g/mol. The van der Waals surface area contributed by atoms with E-state index < -0.39 is 0 Å². The molecule has 0 spiro atoms. The fraction of sp³-hybridized carbons (Fsp3) is 0.364. The number of nitrogens with one attached hydrogen (secondary N) is 2. The van der Waals surface area contributed by atoms with Gasteiger partial charge in [-0.1, -0.05) is 23.8 Å². The van der Waals surface area contributed by atoms with Crippen molar-refractivity contribution >= 4 is 28.2 Å². The molecule has 0 saturated carbocycles. The number of aryl methyl sites for hydroxylation is 1. The number of halogens is 1. The van der Waals surface area contributed by atoms with E-state index in [4.69, 9.17) is 9.97 Å². The zero-order valence-electron chi connectivity index (χ0n) is 17.2. The molecule has 1 fully saturated rings. The maximum absolute atomic E-state index is 14.4. The summed E-state index contributed by atoms with van der Waals surface area (Å²) in [6.45, 7) is 3.70. The first-order valence-electron chi connectivity index (χ1n) is 10.4. The van der Waals surface area contributed by atoms with Crippen LogP contribution in [0, 0.1) is 12.7 Å². The summed E-state index contributed by atoms with van der Waals surface area (Å²) in [6, 6.07) is 7.12. The quantitative estimate of drug-likeness (QED) is 0.550. The van der Waals surface area contributed by atoms with Gasteiger partial charge in [0.1, 0.15) is 22.3 Å². The number of amides is 1. The molecule has 0 radical (unpaired) electrons. The molecule has 3 aromatic rings. The molecule has 0 aliphatic carbocycles. The smallest absolute Gasteiger partial charge is 0.263 e. The van der Waals surface area contributed by atoms with Gasteiger partial charge in [0.25, 0.3) is 5.91 Å². The van der Waals surface area contributed by atoms with Gasteiger partial charge in [-0.15, -0.1) is 0 Å². The highest BCUT2D eigenvalue weighted by Gasteiger charge is 2.27. The molecule has 1 amide bonds. The molecule has 2 aliphatic heterocycles. The van der Waals surface area contributed by atoms with E-state index >= 15 is 0 Å². The molecule has 6 bridgehead atoms. The van der Waals surface area contributed by atoms with Crippen LogP contribution in [0.5, 0.6) is 0 Å². The molecule has 4 heterocycles. The molecular formula is C22H23FN6OS. The van der Waals surface area contributed by atoms with E-state index in [1.807, 2.05) is 25.1 Å². The molecule has 2 N–H and O–H groups in total. The van der Waals surface area contributed by atoms with Gasteiger partial charge in [0.05, 0.1) is 12.2 Å². The number of piperidine rings is 1. The predicted octanol–water partition coefficient (Wildman–Crippen LogP) is 4.09. The van der Waals surface area contributed by atoms with Crippen molar-refractivity contribution in [2.75, 3.05) is 11.9 Å². The lowest BCUT2D eigenvalue weighted by Crippen LogP contribution is -2.34. The highest BCUT2D eigenvalue weighted by Crippen LogP contribution is 2.32. The molecule has 7 nitrogen and oxygen atoms in total. The van der Waals surface area contributed by atoms with Gasteiger partial charge in [0.2, 0.25) is 0 Å². The van der Waals surface area contributed by atoms with E-state index in [9.17, 15) is 9.18 Å². The Labute approximate surface area is 183 Å². The maximum atomic E-state index is 14.4. The molecule has 1 atom stereocenters. The van der Waals surface area contributed by atoms with Crippen LogP contribution < -0.4 is 10.6 Å². The summed E-state index contributed by atoms with van der Waals surface area (Å²) < 4.78 is 14.4. The third kappa shape index (κ3) is 4.28. The topological polar surface area (TPSA) is 83.0 Å². The number of hydrogen-bond donors (Lipinski definition) is 2. The van der Waals surface area contributed by atoms with Crippen molar-refractivity contribution in [2.45, 2.75) is 45.3 Å². The second-order valence-electron chi connectivity index (χ2n) is 8.00. The number of aromatic nitrogens is 3. The predicted molar refractivity (Wildman–Crippen MR) is 117 cm³/mol. The number of carbonyl (C=O) groups excluding carboxylic acids is 1. The van der Waals surface area contributed by atoms with Gasteiger partial charge in [-0.25, -0.2) is 19.3 Å². The van der Waals surface area contributed by atoms with Crippen molar-refractivity contribution in [2.24, 2.45) is 0 Å². The minimum absolute atomic E-state index is 0.0992. The Bertz CT molecular complexity index is 1130. The second-order valence-corrected chi connectivity index (χ2v) is 9.03. The van der Waals surface area contributed by atoms with Gasteiger partial charge in [-0.2, -0.15) is 0 Å². The molecule has 5 rings (SSSR count). The van der Waals surface area contributed by atoms with Crippen LogP contribution >= 0.6 is 11.3 Å². The van der Waals surface area contributed by atoms with Crippen LogP contribution in [0.15, 0.2) is 30.5 Å². The van der Waals surface area contributed by atoms with Crippen molar-refractivity contribution in [3.05, 3.63) is 63.8 Å². The second kappa shape index (κ2) is 8.32. The van der Waals surface area contributed by atoms with Crippen molar-refractivity contribution in [3.8, 4) is 0 Å². The lowest BCUT2D eigenvalue weighted by atomic mass is 9.99. The summed E-state index contributed by atoms with van der Waals surface area (Å²) in [5.41, 5.74) is 2.36. The molecule has 9 heteroatoms. The Hall–Kier alpha value is -2.91. The van der Waals surface area contributed by atoms with Crippen molar-refractivity contribution < 1.29 is 9.18 Å². The van der Waals surface area contributed by atoms with Crippen LogP contribution in [0.2, 0.25) is 0 Å². The van der Waals surface area contributed by atoms with Gasteiger partial charge in [-0.3, -0.25) is 9.69 Å². The summed E-state index contributed by atoms with van der Waals surface area (Å²) in [5, 5.41) is 6.60. The fourth-order valence-corrected chi connectivity index (χ4v) is 4.92. The normalized spacial score (nSPS) is 19.3. The Morgan fingerprint density at radius 3 is 3.03 bits per heavy atom. The number of fused-ring (bicyclic) bond motifs is 8. The monoisotopic (exact) mass is 438 g/mol. The summed E-state index contributed by atoms with van der Waals surface area (Å²) in [5.74, 6) is 0.855. The summed E-state index contributed by atoms with van der Waals surface area (Å²) in [7, 11) is 0. The average molecular weight is 439 g/mol. The lowest BCUT2D eigenvalue weighted by molar-refractivity contribution is 0.0954. The highest BCUT2D eigenvalue weighted by molar-refractivity contribution is 7.17. The van der Waals surface area contributed by atoms with Crippen LogP contribution in [-0.4, -0.2) is 32.3 Å². The number of thiazole rings is 1. The van der Waals surface area contributed by atoms with Crippen LogP contribution in [0.4, 0.5) is 15.3 Å². The van der Waals surface area contributed by atoms with Crippen LogP contribution in [0.25, 0.3) is 0 Å². The average Bonchev–Trinajstić information content (AvgIpc) is 3.22. The largest absolute Gasteiger partial charge is 0.347 e. The third-order valence-electron chi connectivity index (χ3n) is 5.68. The SMILES string of the molecule is Cc1cc2nc(n1)C1CCCCN1Cc1ccc(F)c(c1)CNC(=O)c1cnc(s1)N2. The lowest BCUT2D eigenvalue weighted by Gasteiger charge is -2.35. The minimum Gasteiger partial charge on any atom is -0.347 e. The number of benzene rings is 1. The molecule has 31 heavy (non-hydrogen) atoms. The van der Waals surface area contributed by atoms with Crippen molar-refractivity contribution in [1.82, 2.24) is 25.2 Å². The van der Waals surface area contributed by atoms with Gasteiger partial charge in [0, 0.05) is 30.4 Å². The van der Waals surface area contributed by atoms with E-state index in [0.717, 1.165) is 42.9 Å². The number of carbonyl (C=O) groups is 1. The molecule has 160 valence electrons. The van der Waals surface area contributed by atoms with Gasteiger partial charge >= 0.3 is 0 Å². The van der Waals surface area contributed by atoms with Crippen molar-refractivity contribution in [3.63, 3.8) is 0 Å². The third-order valence-corrected chi connectivity index (χ3v) is 6.59. The Balaban J connectivity index is 1.58. The van der Waals surface area contributed by atoms with E-state index in [1.54, 1.807) is 0 Å². The number of rotatable bonds is 0. The number of nitrogens with zero attached hydrogens (tertiary/aromatic N) is 4. The summed E-state index contributed by atoms with van der Waals surface area (Å²) >= 11 is 1.24. The van der Waals surface area contributed by atoms with Crippen LogP contribution in [0.3, 0.4) is 0 Å². The van der Waals surface area contributed by atoms with E-state index in [1.165, 1.54) is 23.6 Å². The molecule has 1 saturated heterocycles. The Morgan fingerprint density at radius 2 is 2.13 bits per heavy atom. The van der Waals surface area contributed by atoms with Crippen LogP contribution in [0.1, 0.15) is 57.6 Å². The Morgan fingerprint density at radius 1 is 1.23 bits per heavy atom. The molecule has 2 aromatic heterocycles. The van der Waals surface area contributed by atoms with Gasteiger partial charge < -0.3 is 10.6 Å². The Kier molecular flexibility index (Phi) is 5.37. The van der Waals surface area contributed by atoms with Gasteiger partial charge in [0.15, 0.2) is 5.13 Å². The standard InChI is InChI=1S/C22H23FN6OS/c1-13-8-19-27-20(26-13)17-4-2-3-7-29(17)12-14-5-6-16(23)15(9-14)10-24-21(30)18-11-25-22(28-19)31-18/h5-6,8-9,11,17H,2-4,7,10,12H2,1H3,(H,24,30)(H,25,26,27,28). The summed E-state index contributed by atoms with van der Waals surface area (Å²) in [4.78, 5) is 29.2. The highest BCUT2D eigenvalue weighted by atomic mass is 32.1. The zero-order valence-corrected chi connectivity index (χ0v) is 18.0. The number of anilines is 2. The first-order chi connectivity index (χ1) is 15.0. The molecule has 2 aliphatic rings. The minimum atomic E-state index is -0.321. The molecule has 1 unspecified atom stereocenters. The number of hydrogen-bond acceptors (Lipinski definition) is 7. The zero-order chi connectivity index (χ0) is 21.4. The van der Waals surface area contributed by atoms with E-state index in [0.29, 0.717) is 27.9 Å². The van der Waals surface area contributed by atoms with Gasteiger partial charge in [-0.05, 0) is 44.0 Å².